The van der Waals surface area contributed by atoms with Crippen LogP contribution in [0.15, 0.2) is 18.2 Å². The quantitative estimate of drug-likeness (QED) is 0.774. The summed E-state index contributed by atoms with van der Waals surface area (Å²) in [5.74, 6) is -2.00. The maximum Gasteiger partial charge on any atom is 0.317 e. The van der Waals surface area contributed by atoms with Crippen molar-refractivity contribution in [3.63, 3.8) is 0 Å². The van der Waals surface area contributed by atoms with E-state index < -0.39 is 11.9 Å². The van der Waals surface area contributed by atoms with Crippen molar-refractivity contribution in [3.05, 3.63) is 35.1 Å². The molecule has 0 saturated heterocycles. The highest BCUT2D eigenvalue weighted by molar-refractivity contribution is 5.77. The van der Waals surface area contributed by atoms with E-state index in [9.17, 15) is 14.0 Å². The molecule has 1 aromatic carbocycles. The van der Waals surface area contributed by atoms with Crippen LogP contribution in [0, 0.1) is 12.7 Å². The molecule has 5 nitrogen and oxygen atoms in total. The fraction of sp³-hybridized carbons (Fsp3) is 0.333. The van der Waals surface area contributed by atoms with Crippen molar-refractivity contribution >= 4 is 11.9 Å². The molecule has 6 heteroatoms. The number of amides is 1. The highest BCUT2D eigenvalue weighted by Gasteiger charge is 2.14. The Kier molecular flexibility index (Phi) is 4.79. The maximum atomic E-state index is 12.9. The number of halogens is 1. The number of carboxylic acids is 1. The smallest absolute Gasteiger partial charge is 0.317 e. The van der Waals surface area contributed by atoms with Gasteiger partial charge in [0.15, 0.2) is 0 Å². The minimum Gasteiger partial charge on any atom is -0.480 e. The van der Waals surface area contributed by atoms with E-state index in [-0.39, 0.29) is 25.5 Å². The Hall–Kier alpha value is -1.95. The molecule has 1 aromatic rings. The summed E-state index contributed by atoms with van der Waals surface area (Å²) in [5, 5.41) is 8.73. The Balaban J connectivity index is 2.81. The molecular formula is C12H15FN2O3. The molecule has 0 aromatic heterocycles. The molecule has 0 fully saturated rings. The van der Waals surface area contributed by atoms with Gasteiger partial charge in [0.2, 0.25) is 5.91 Å². The summed E-state index contributed by atoms with van der Waals surface area (Å²) in [6, 6.07) is 4.23. The highest BCUT2D eigenvalue weighted by atomic mass is 19.1. The molecule has 0 unspecified atom stereocenters. The Morgan fingerprint density at radius 1 is 1.39 bits per heavy atom. The average molecular weight is 254 g/mol. The lowest BCUT2D eigenvalue weighted by atomic mass is 10.1. The molecule has 0 radical (unpaired) electrons. The number of hydrogen-bond donors (Lipinski definition) is 2. The molecule has 0 aliphatic carbocycles. The van der Waals surface area contributed by atoms with Crippen molar-refractivity contribution in [3.8, 4) is 0 Å². The minimum absolute atomic E-state index is 0.150. The van der Waals surface area contributed by atoms with Gasteiger partial charge in [-0.2, -0.15) is 0 Å². The number of carbonyl (C=O) groups excluding carboxylic acids is 1. The summed E-state index contributed by atoms with van der Waals surface area (Å²) in [4.78, 5) is 22.9. The van der Waals surface area contributed by atoms with Gasteiger partial charge in [-0.05, 0) is 30.2 Å². The van der Waals surface area contributed by atoms with Gasteiger partial charge in [0.25, 0.3) is 0 Å². The summed E-state index contributed by atoms with van der Waals surface area (Å²) >= 11 is 0. The summed E-state index contributed by atoms with van der Waals surface area (Å²) in [5.41, 5.74) is 6.52. The lowest BCUT2D eigenvalue weighted by molar-refractivity contribution is -0.138. The standard InChI is InChI=1S/C12H15FN2O3/c1-8-4-10(13)3-2-9(8)5-15(6-11(14)16)7-12(17)18/h2-4H,5-7H2,1H3,(H2,14,16)(H,17,18). The molecule has 0 atom stereocenters. The number of rotatable bonds is 6. The maximum absolute atomic E-state index is 12.9. The first-order valence-corrected chi connectivity index (χ1v) is 5.36. The molecule has 3 N–H and O–H groups in total. The molecule has 18 heavy (non-hydrogen) atoms. The molecule has 1 rings (SSSR count). The van der Waals surface area contributed by atoms with Gasteiger partial charge in [0.05, 0.1) is 13.1 Å². The van der Waals surface area contributed by atoms with Crippen LogP contribution in [-0.2, 0) is 16.1 Å². The molecular weight excluding hydrogens is 239 g/mol. The van der Waals surface area contributed by atoms with Gasteiger partial charge in [-0.25, -0.2) is 4.39 Å². The number of hydrogen-bond acceptors (Lipinski definition) is 3. The van der Waals surface area contributed by atoms with Gasteiger partial charge in [-0.1, -0.05) is 6.07 Å². The summed E-state index contributed by atoms with van der Waals surface area (Å²) in [6.45, 7) is 1.52. The number of nitrogens with zero attached hydrogens (tertiary/aromatic N) is 1. The number of aryl methyl sites for hydroxylation is 1. The van der Waals surface area contributed by atoms with Crippen molar-refractivity contribution in [2.45, 2.75) is 13.5 Å². The van der Waals surface area contributed by atoms with Crippen LogP contribution in [0.4, 0.5) is 4.39 Å². The largest absolute Gasteiger partial charge is 0.480 e. The lowest BCUT2D eigenvalue weighted by Gasteiger charge is -2.19. The van der Waals surface area contributed by atoms with Crippen molar-refractivity contribution in [1.29, 1.82) is 0 Å². The first-order chi connectivity index (χ1) is 8.38. The van der Waals surface area contributed by atoms with Crippen LogP contribution in [0.3, 0.4) is 0 Å². The number of carboxylic acid groups (broad SMARTS) is 1. The first-order valence-electron chi connectivity index (χ1n) is 5.36. The second-order valence-corrected chi connectivity index (χ2v) is 4.08. The van der Waals surface area contributed by atoms with E-state index in [0.29, 0.717) is 5.56 Å². The third-order valence-corrected chi connectivity index (χ3v) is 2.44. The Labute approximate surface area is 104 Å². The molecule has 0 saturated carbocycles. The average Bonchev–Trinajstić information content (AvgIpc) is 2.20. The van der Waals surface area contributed by atoms with Gasteiger partial charge >= 0.3 is 5.97 Å². The first kappa shape index (κ1) is 14.1. The zero-order valence-electron chi connectivity index (χ0n) is 10.0. The van der Waals surface area contributed by atoms with Crippen LogP contribution in [0.25, 0.3) is 0 Å². The summed E-state index contributed by atoms with van der Waals surface area (Å²) in [7, 11) is 0. The third kappa shape index (κ3) is 4.50. The van der Waals surface area contributed by atoms with Crippen molar-refractivity contribution in [1.82, 2.24) is 4.90 Å². The van der Waals surface area contributed by atoms with E-state index in [2.05, 4.69) is 0 Å². The van der Waals surface area contributed by atoms with Crippen molar-refractivity contribution < 1.29 is 19.1 Å². The van der Waals surface area contributed by atoms with Crippen molar-refractivity contribution in [2.75, 3.05) is 13.1 Å². The lowest BCUT2D eigenvalue weighted by Crippen LogP contribution is -2.37. The molecule has 0 bridgehead atoms. The number of nitrogens with two attached hydrogens (primary N) is 1. The van der Waals surface area contributed by atoms with E-state index in [1.165, 1.54) is 17.0 Å². The molecule has 0 aliphatic heterocycles. The van der Waals surface area contributed by atoms with E-state index >= 15 is 0 Å². The van der Waals surface area contributed by atoms with Gasteiger partial charge in [0.1, 0.15) is 5.82 Å². The van der Waals surface area contributed by atoms with Gasteiger partial charge < -0.3 is 10.8 Å². The fourth-order valence-electron chi connectivity index (χ4n) is 1.66. The van der Waals surface area contributed by atoms with Crippen LogP contribution in [0.2, 0.25) is 0 Å². The van der Waals surface area contributed by atoms with Crippen LogP contribution in [0.1, 0.15) is 11.1 Å². The summed E-state index contributed by atoms with van der Waals surface area (Å²) in [6.07, 6.45) is 0. The molecule has 0 heterocycles. The van der Waals surface area contributed by atoms with Crippen LogP contribution in [0.5, 0.6) is 0 Å². The predicted octanol–water partition coefficient (Wildman–Crippen LogP) is 0.506. The van der Waals surface area contributed by atoms with Crippen LogP contribution < -0.4 is 5.73 Å². The third-order valence-electron chi connectivity index (χ3n) is 2.44. The number of carbonyl (C=O) groups is 2. The SMILES string of the molecule is Cc1cc(F)ccc1CN(CC(N)=O)CC(=O)O. The van der Waals surface area contributed by atoms with Crippen LogP contribution in [-0.4, -0.2) is 35.0 Å². The normalized spacial score (nSPS) is 10.6. The molecule has 0 spiro atoms. The van der Waals surface area contributed by atoms with E-state index in [0.717, 1.165) is 5.56 Å². The molecule has 98 valence electrons. The van der Waals surface area contributed by atoms with Gasteiger partial charge in [-0.15, -0.1) is 0 Å². The Morgan fingerprint density at radius 2 is 2.06 bits per heavy atom. The van der Waals surface area contributed by atoms with Crippen LogP contribution >= 0.6 is 0 Å². The second-order valence-electron chi connectivity index (χ2n) is 4.08. The van der Waals surface area contributed by atoms with Gasteiger partial charge in [-0.3, -0.25) is 14.5 Å². The number of aliphatic carboxylic acids is 1. The van der Waals surface area contributed by atoms with Crippen molar-refractivity contribution in [2.24, 2.45) is 5.73 Å². The zero-order valence-corrected chi connectivity index (χ0v) is 10.0. The Morgan fingerprint density at radius 3 is 2.56 bits per heavy atom. The van der Waals surface area contributed by atoms with Gasteiger partial charge in [0, 0.05) is 6.54 Å². The van der Waals surface area contributed by atoms with E-state index in [4.69, 9.17) is 10.8 Å². The highest BCUT2D eigenvalue weighted by Crippen LogP contribution is 2.12. The second kappa shape index (κ2) is 6.11. The number of benzene rings is 1. The number of primary amides is 1. The predicted molar refractivity (Wildman–Crippen MR) is 63.2 cm³/mol. The summed E-state index contributed by atoms with van der Waals surface area (Å²) < 4.78 is 12.9. The minimum atomic E-state index is -1.05. The van der Waals surface area contributed by atoms with E-state index in [1.807, 2.05) is 0 Å². The van der Waals surface area contributed by atoms with E-state index in [1.54, 1.807) is 13.0 Å². The topological polar surface area (TPSA) is 83.6 Å². The molecule has 1 amide bonds. The zero-order chi connectivity index (χ0) is 13.7. The fourth-order valence-corrected chi connectivity index (χ4v) is 1.66. The monoisotopic (exact) mass is 254 g/mol. The Bertz CT molecular complexity index is 447. The molecule has 0 aliphatic rings.